The van der Waals surface area contributed by atoms with Crippen LogP contribution in [-0.2, 0) is 0 Å². The van der Waals surface area contributed by atoms with Crippen molar-refractivity contribution in [3.8, 4) is 0 Å². The molecule has 2 heteroatoms. The van der Waals surface area contributed by atoms with Crippen molar-refractivity contribution < 1.29 is 0 Å². The number of nitrogens with two attached hydrogens (primary N) is 2. The maximum absolute atomic E-state index is 6.10. The molecule has 0 saturated carbocycles. The first-order valence-corrected chi connectivity index (χ1v) is 7.59. The van der Waals surface area contributed by atoms with E-state index < -0.39 is 0 Å². The van der Waals surface area contributed by atoms with Gasteiger partial charge in [-0.05, 0) is 53.7 Å². The van der Waals surface area contributed by atoms with E-state index in [9.17, 15) is 0 Å². The van der Waals surface area contributed by atoms with Crippen molar-refractivity contribution in [2.75, 3.05) is 11.5 Å². The maximum Gasteiger partial charge on any atom is 0.0373 e. The SMILES string of the molecule is CC(c1ccc(C2=CCCC2)cc1)c1ccc(N)cc1N. The van der Waals surface area contributed by atoms with E-state index in [1.54, 1.807) is 0 Å². The van der Waals surface area contributed by atoms with E-state index >= 15 is 0 Å². The van der Waals surface area contributed by atoms with E-state index in [-0.39, 0.29) is 5.92 Å². The molecule has 2 nitrogen and oxygen atoms in total. The molecule has 2 aromatic carbocycles. The van der Waals surface area contributed by atoms with Crippen molar-refractivity contribution in [1.29, 1.82) is 0 Å². The van der Waals surface area contributed by atoms with Crippen LogP contribution in [0.25, 0.3) is 5.57 Å². The van der Waals surface area contributed by atoms with E-state index in [0.717, 1.165) is 11.3 Å². The molecule has 0 aromatic heterocycles. The number of nitrogen functional groups attached to an aromatic ring is 2. The molecule has 0 radical (unpaired) electrons. The van der Waals surface area contributed by atoms with Crippen LogP contribution in [0.5, 0.6) is 0 Å². The molecule has 21 heavy (non-hydrogen) atoms. The second-order valence-electron chi connectivity index (χ2n) is 5.85. The first-order chi connectivity index (χ1) is 10.1. The molecular formula is C19H22N2. The molecule has 2 aromatic rings. The van der Waals surface area contributed by atoms with Crippen molar-refractivity contribution in [2.24, 2.45) is 0 Å². The van der Waals surface area contributed by atoms with Gasteiger partial charge in [-0.3, -0.25) is 0 Å². The highest BCUT2D eigenvalue weighted by molar-refractivity contribution is 5.67. The monoisotopic (exact) mass is 278 g/mol. The predicted molar refractivity (Wildman–Crippen MR) is 91.1 cm³/mol. The Morgan fingerprint density at radius 3 is 2.38 bits per heavy atom. The van der Waals surface area contributed by atoms with Crippen molar-refractivity contribution in [3.05, 3.63) is 65.2 Å². The van der Waals surface area contributed by atoms with Crippen molar-refractivity contribution in [3.63, 3.8) is 0 Å². The molecule has 1 unspecified atom stereocenters. The van der Waals surface area contributed by atoms with Gasteiger partial charge < -0.3 is 11.5 Å². The smallest absolute Gasteiger partial charge is 0.0373 e. The van der Waals surface area contributed by atoms with Crippen LogP contribution < -0.4 is 11.5 Å². The molecule has 0 bridgehead atoms. The van der Waals surface area contributed by atoms with Crippen LogP contribution in [0.1, 0.15) is 48.8 Å². The highest BCUT2D eigenvalue weighted by Crippen LogP contribution is 2.32. The molecule has 1 aliphatic carbocycles. The number of anilines is 2. The molecule has 1 atom stereocenters. The summed E-state index contributed by atoms with van der Waals surface area (Å²) in [7, 11) is 0. The summed E-state index contributed by atoms with van der Waals surface area (Å²) in [6.45, 7) is 2.19. The minimum Gasteiger partial charge on any atom is -0.399 e. The van der Waals surface area contributed by atoms with Gasteiger partial charge in [-0.15, -0.1) is 0 Å². The van der Waals surface area contributed by atoms with Crippen molar-refractivity contribution >= 4 is 16.9 Å². The Kier molecular flexibility index (Phi) is 3.70. The molecular weight excluding hydrogens is 256 g/mol. The normalized spacial score (nSPS) is 15.8. The molecule has 0 spiro atoms. The molecule has 0 fully saturated rings. The summed E-state index contributed by atoms with van der Waals surface area (Å²) in [6, 6.07) is 14.7. The summed E-state index contributed by atoms with van der Waals surface area (Å²) in [4.78, 5) is 0. The molecule has 0 heterocycles. The molecule has 0 amide bonds. The first-order valence-electron chi connectivity index (χ1n) is 7.59. The van der Waals surface area contributed by atoms with Gasteiger partial charge in [0.05, 0.1) is 0 Å². The third-order valence-corrected chi connectivity index (χ3v) is 4.40. The number of rotatable bonds is 3. The quantitative estimate of drug-likeness (QED) is 0.808. The number of hydrogen-bond acceptors (Lipinski definition) is 2. The number of allylic oxidation sites excluding steroid dienone is 2. The van der Waals surface area contributed by atoms with Crippen LogP contribution in [-0.4, -0.2) is 0 Å². The Bertz CT molecular complexity index is 668. The van der Waals surface area contributed by atoms with E-state index in [4.69, 9.17) is 11.5 Å². The van der Waals surface area contributed by atoms with E-state index in [0.29, 0.717) is 5.69 Å². The fourth-order valence-corrected chi connectivity index (χ4v) is 3.09. The van der Waals surface area contributed by atoms with E-state index in [1.165, 1.54) is 36.0 Å². The van der Waals surface area contributed by atoms with Crippen LogP contribution >= 0.6 is 0 Å². The fraction of sp³-hybridized carbons (Fsp3) is 0.263. The summed E-state index contributed by atoms with van der Waals surface area (Å²) in [5.41, 5.74) is 18.6. The van der Waals surface area contributed by atoms with Crippen molar-refractivity contribution in [1.82, 2.24) is 0 Å². The van der Waals surface area contributed by atoms with Crippen LogP contribution in [0.15, 0.2) is 48.5 Å². The van der Waals surface area contributed by atoms with E-state index in [1.807, 2.05) is 18.2 Å². The van der Waals surface area contributed by atoms with Gasteiger partial charge in [-0.25, -0.2) is 0 Å². The Morgan fingerprint density at radius 2 is 1.76 bits per heavy atom. The highest BCUT2D eigenvalue weighted by atomic mass is 14.6. The lowest BCUT2D eigenvalue weighted by Gasteiger charge is -2.16. The Morgan fingerprint density at radius 1 is 1.00 bits per heavy atom. The summed E-state index contributed by atoms with van der Waals surface area (Å²) < 4.78 is 0. The Labute approximate surface area is 126 Å². The van der Waals surface area contributed by atoms with Gasteiger partial charge in [0.25, 0.3) is 0 Å². The fourth-order valence-electron chi connectivity index (χ4n) is 3.09. The molecule has 1 aliphatic rings. The summed E-state index contributed by atoms with van der Waals surface area (Å²) >= 11 is 0. The first kappa shape index (κ1) is 13.7. The molecule has 3 rings (SSSR count). The predicted octanol–water partition coefficient (Wildman–Crippen LogP) is 4.57. The minimum absolute atomic E-state index is 0.275. The van der Waals surface area contributed by atoms with Gasteiger partial charge in [0, 0.05) is 17.3 Å². The van der Waals surface area contributed by atoms with Gasteiger partial charge in [0.2, 0.25) is 0 Å². The zero-order chi connectivity index (χ0) is 14.8. The molecule has 4 N–H and O–H groups in total. The molecule has 0 aliphatic heterocycles. The van der Waals surface area contributed by atoms with Gasteiger partial charge >= 0.3 is 0 Å². The summed E-state index contributed by atoms with van der Waals surface area (Å²) in [5.74, 6) is 0.275. The summed E-state index contributed by atoms with van der Waals surface area (Å²) in [5, 5.41) is 0. The topological polar surface area (TPSA) is 52.0 Å². The average molecular weight is 278 g/mol. The molecule has 0 saturated heterocycles. The number of benzene rings is 2. The molecule has 108 valence electrons. The zero-order valence-electron chi connectivity index (χ0n) is 12.5. The minimum atomic E-state index is 0.275. The third kappa shape index (κ3) is 2.80. The second-order valence-corrected chi connectivity index (χ2v) is 5.85. The van der Waals surface area contributed by atoms with Crippen LogP contribution in [0.4, 0.5) is 11.4 Å². The van der Waals surface area contributed by atoms with Gasteiger partial charge in [0.1, 0.15) is 0 Å². The van der Waals surface area contributed by atoms with Crippen LogP contribution in [0, 0.1) is 0 Å². The third-order valence-electron chi connectivity index (χ3n) is 4.40. The lowest BCUT2D eigenvalue weighted by molar-refractivity contribution is 0.923. The van der Waals surface area contributed by atoms with Gasteiger partial charge in [-0.2, -0.15) is 0 Å². The van der Waals surface area contributed by atoms with Crippen LogP contribution in [0.3, 0.4) is 0 Å². The standard InChI is InChI=1S/C19H22N2/c1-13(18-11-10-17(20)12-19(18)21)14-6-8-16(9-7-14)15-4-2-3-5-15/h4,6-13H,2-3,5,20-21H2,1H3. The highest BCUT2D eigenvalue weighted by Gasteiger charge is 2.13. The Balaban J connectivity index is 1.86. The lowest BCUT2D eigenvalue weighted by Crippen LogP contribution is -2.02. The maximum atomic E-state index is 6.10. The van der Waals surface area contributed by atoms with Gasteiger partial charge in [0.15, 0.2) is 0 Å². The number of hydrogen-bond donors (Lipinski definition) is 2. The zero-order valence-corrected chi connectivity index (χ0v) is 12.5. The average Bonchev–Trinajstić information content (AvgIpc) is 3.01. The Hall–Kier alpha value is -2.22. The van der Waals surface area contributed by atoms with Crippen LogP contribution in [0.2, 0.25) is 0 Å². The lowest BCUT2D eigenvalue weighted by atomic mass is 9.90. The van der Waals surface area contributed by atoms with Gasteiger partial charge in [-0.1, -0.05) is 43.3 Å². The van der Waals surface area contributed by atoms with Crippen molar-refractivity contribution in [2.45, 2.75) is 32.1 Å². The second kappa shape index (κ2) is 5.65. The summed E-state index contributed by atoms with van der Waals surface area (Å²) in [6.07, 6.45) is 6.07. The van der Waals surface area contributed by atoms with E-state index in [2.05, 4.69) is 37.3 Å². The largest absolute Gasteiger partial charge is 0.399 e.